The molecule has 0 bridgehead atoms. The molecule has 0 aromatic rings. The molecule has 2 fully saturated rings. The highest BCUT2D eigenvalue weighted by atomic mass is 15.2. The van der Waals surface area contributed by atoms with Crippen LogP contribution in [0.1, 0.15) is 64.7 Å². The van der Waals surface area contributed by atoms with Crippen molar-refractivity contribution in [3.05, 3.63) is 0 Å². The Morgan fingerprint density at radius 2 is 1.83 bits per heavy atom. The number of hydrogen-bond donors (Lipinski definition) is 1. The Labute approximate surface area is 113 Å². The van der Waals surface area contributed by atoms with Crippen LogP contribution in [0.3, 0.4) is 0 Å². The van der Waals surface area contributed by atoms with Gasteiger partial charge in [-0.1, -0.05) is 26.2 Å². The lowest BCUT2D eigenvalue weighted by molar-refractivity contribution is 0.109. The smallest absolute Gasteiger partial charge is 0.00954 e. The molecule has 1 saturated carbocycles. The van der Waals surface area contributed by atoms with Crippen molar-refractivity contribution < 1.29 is 0 Å². The van der Waals surface area contributed by atoms with Gasteiger partial charge in [0.2, 0.25) is 0 Å². The summed E-state index contributed by atoms with van der Waals surface area (Å²) in [6.45, 7) is 5.92. The standard InChI is InChI=1S/C16H32N2/c1-2-14-5-3-7-16(9-8-14)18-12-4-6-15(13-18)10-11-17/h14-16H,2-13,17H2,1H3. The summed E-state index contributed by atoms with van der Waals surface area (Å²) in [6.07, 6.45) is 12.8. The molecule has 0 radical (unpaired) electrons. The minimum Gasteiger partial charge on any atom is -0.330 e. The molecule has 0 amide bonds. The number of rotatable bonds is 4. The third-order valence-corrected chi connectivity index (χ3v) is 5.28. The zero-order valence-corrected chi connectivity index (χ0v) is 12.2. The molecular weight excluding hydrogens is 220 g/mol. The van der Waals surface area contributed by atoms with E-state index in [9.17, 15) is 0 Å². The molecule has 0 aromatic heterocycles. The van der Waals surface area contributed by atoms with Gasteiger partial charge >= 0.3 is 0 Å². The van der Waals surface area contributed by atoms with E-state index in [1.54, 1.807) is 0 Å². The van der Waals surface area contributed by atoms with Crippen molar-refractivity contribution in [2.45, 2.75) is 70.8 Å². The molecular formula is C16H32N2. The van der Waals surface area contributed by atoms with Gasteiger partial charge in [0, 0.05) is 12.6 Å². The monoisotopic (exact) mass is 252 g/mol. The van der Waals surface area contributed by atoms with Crippen LogP contribution in [0.4, 0.5) is 0 Å². The Morgan fingerprint density at radius 1 is 1.00 bits per heavy atom. The number of nitrogens with zero attached hydrogens (tertiary/aromatic N) is 1. The molecule has 2 heteroatoms. The number of piperidine rings is 1. The SMILES string of the molecule is CCC1CCCC(N2CCCC(CCN)C2)CC1. The fourth-order valence-corrected chi connectivity index (χ4v) is 4.03. The molecule has 2 N–H and O–H groups in total. The normalized spacial score (nSPS) is 35.3. The lowest BCUT2D eigenvalue weighted by Crippen LogP contribution is -2.43. The summed E-state index contributed by atoms with van der Waals surface area (Å²) in [4.78, 5) is 2.81. The van der Waals surface area contributed by atoms with E-state index in [0.29, 0.717) is 0 Å². The van der Waals surface area contributed by atoms with Gasteiger partial charge in [0.25, 0.3) is 0 Å². The average Bonchev–Trinajstić information content (AvgIpc) is 2.65. The highest BCUT2D eigenvalue weighted by molar-refractivity contribution is 4.82. The van der Waals surface area contributed by atoms with Gasteiger partial charge in [-0.2, -0.15) is 0 Å². The Balaban J connectivity index is 1.82. The van der Waals surface area contributed by atoms with Crippen molar-refractivity contribution in [2.24, 2.45) is 17.6 Å². The summed E-state index contributed by atoms with van der Waals surface area (Å²) in [5.41, 5.74) is 5.73. The zero-order chi connectivity index (χ0) is 12.8. The van der Waals surface area contributed by atoms with E-state index in [1.807, 2.05) is 0 Å². The third-order valence-electron chi connectivity index (χ3n) is 5.28. The average molecular weight is 252 g/mol. The second-order valence-electron chi connectivity index (χ2n) is 6.52. The molecule has 2 aliphatic rings. The second-order valence-corrected chi connectivity index (χ2v) is 6.52. The van der Waals surface area contributed by atoms with E-state index < -0.39 is 0 Å². The number of nitrogens with two attached hydrogens (primary N) is 1. The van der Waals surface area contributed by atoms with Crippen LogP contribution in [0.5, 0.6) is 0 Å². The van der Waals surface area contributed by atoms with E-state index in [1.165, 1.54) is 70.9 Å². The molecule has 0 aromatic carbocycles. The maximum absolute atomic E-state index is 5.73. The molecule has 3 unspecified atom stereocenters. The van der Waals surface area contributed by atoms with Gasteiger partial charge in [-0.3, -0.25) is 0 Å². The Kier molecular flexibility index (Phi) is 5.97. The summed E-state index contributed by atoms with van der Waals surface area (Å²) >= 11 is 0. The fourth-order valence-electron chi connectivity index (χ4n) is 4.03. The van der Waals surface area contributed by atoms with E-state index >= 15 is 0 Å². The third kappa shape index (κ3) is 3.96. The van der Waals surface area contributed by atoms with E-state index in [0.717, 1.165) is 24.4 Å². The maximum Gasteiger partial charge on any atom is 0.00954 e. The van der Waals surface area contributed by atoms with E-state index in [2.05, 4.69) is 11.8 Å². The number of likely N-dealkylation sites (tertiary alicyclic amines) is 1. The van der Waals surface area contributed by atoms with Crippen LogP contribution in [0.2, 0.25) is 0 Å². The van der Waals surface area contributed by atoms with Crippen LogP contribution in [0, 0.1) is 11.8 Å². The summed E-state index contributed by atoms with van der Waals surface area (Å²) in [5, 5.41) is 0. The zero-order valence-electron chi connectivity index (χ0n) is 12.2. The van der Waals surface area contributed by atoms with Crippen LogP contribution in [0.25, 0.3) is 0 Å². The van der Waals surface area contributed by atoms with Gasteiger partial charge < -0.3 is 10.6 Å². The maximum atomic E-state index is 5.73. The van der Waals surface area contributed by atoms with Crippen LogP contribution >= 0.6 is 0 Å². The number of hydrogen-bond acceptors (Lipinski definition) is 2. The first-order valence-corrected chi connectivity index (χ1v) is 8.27. The first-order valence-electron chi connectivity index (χ1n) is 8.27. The van der Waals surface area contributed by atoms with Gasteiger partial charge in [-0.05, 0) is 63.5 Å². The highest BCUT2D eigenvalue weighted by Gasteiger charge is 2.27. The Bertz CT molecular complexity index is 227. The van der Waals surface area contributed by atoms with E-state index in [-0.39, 0.29) is 0 Å². The lowest BCUT2D eigenvalue weighted by Gasteiger charge is -2.38. The van der Waals surface area contributed by atoms with Crippen molar-refractivity contribution in [2.75, 3.05) is 19.6 Å². The summed E-state index contributed by atoms with van der Waals surface area (Å²) in [5.74, 6) is 1.90. The topological polar surface area (TPSA) is 29.3 Å². The van der Waals surface area contributed by atoms with Crippen molar-refractivity contribution in [3.63, 3.8) is 0 Å². The minimum atomic E-state index is 0.876. The predicted molar refractivity (Wildman–Crippen MR) is 78.6 cm³/mol. The van der Waals surface area contributed by atoms with Gasteiger partial charge in [-0.25, -0.2) is 0 Å². The molecule has 3 atom stereocenters. The molecule has 106 valence electrons. The lowest BCUT2D eigenvalue weighted by atomic mass is 9.92. The van der Waals surface area contributed by atoms with Gasteiger partial charge in [-0.15, -0.1) is 0 Å². The van der Waals surface area contributed by atoms with E-state index in [4.69, 9.17) is 5.73 Å². The molecule has 1 aliphatic carbocycles. The summed E-state index contributed by atoms with van der Waals surface area (Å²) in [7, 11) is 0. The van der Waals surface area contributed by atoms with Crippen LogP contribution in [-0.2, 0) is 0 Å². The van der Waals surface area contributed by atoms with Gasteiger partial charge in [0.15, 0.2) is 0 Å². The quantitative estimate of drug-likeness (QED) is 0.777. The Hall–Kier alpha value is -0.0800. The Morgan fingerprint density at radius 3 is 2.61 bits per heavy atom. The molecule has 2 rings (SSSR count). The van der Waals surface area contributed by atoms with Crippen LogP contribution in [0.15, 0.2) is 0 Å². The van der Waals surface area contributed by atoms with Gasteiger partial charge in [0.05, 0.1) is 0 Å². The summed E-state index contributed by atoms with van der Waals surface area (Å²) < 4.78 is 0. The molecule has 0 spiro atoms. The molecule has 18 heavy (non-hydrogen) atoms. The molecule has 1 aliphatic heterocycles. The van der Waals surface area contributed by atoms with Crippen molar-refractivity contribution in [1.29, 1.82) is 0 Å². The van der Waals surface area contributed by atoms with Crippen LogP contribution in [-0.4, -0.2) is 30.6 Å². The van der Waals surface area contributed by atoms with Crippen LogP contribution < -0.4 is 5.73 Å². The summed E-state index contributed by atoms with van der Waals surface area (Å²) in [6, 6.07) is 0.891. The van der Waals surface area contributed by atoms with Crippen molar-refractivity contribution in [3.8, 4) is 0 Å². The van der Waals surface area contributed by atoms with Crippen molar-refractivity contribution in [1.82, 2.24) is 4.90 Å². The highest BCUT2D eigenvalue weighted by Crippen LogP contribution is 2.30. The minimum absolute atomic E-state index is 0.876. The van der Waals surface area contributed by atoms with Crippen molar-refractivity contribution >= 4 is 0 Å². The molecule has 1 saturated heterocycles. The molecule has 2 nitrogen and oxygen atoms in total. The largest absolute Gasteiger partial charge is 0.330 e. The predicted octanol–water partition coefficient (Wildman–Crippen LogP) is 3.41. The molecule has 1 heterocycles. The van der Waals surface area contributed by atoms with Gasteiger partial charge in [0.1, 0.15) is 0 Å². The second kappa shape index (κ2) is 7.49. The first-order chi connectivity index (χ1) is 8.83. The fraction of sp³-hybridized carbons (Fsp3) is 1.00. The first kappa shape index (κ1) is 14.3.